The summed E-state index contributed by atoms with van der Waals surface area (Å²) in [7, 11) is 1.38. The molecule has 0 radical (unpaired) electrons. The Hall–Kier alpha value is 0.360. The van der Waals surface area contributed by atoms with Crippen molar-refractivity contribution in [3.8, 4) is 6.11 Å². The summed E-state index contributed by atoms with van der Waals surface area (Å²) in [5.74, 6) is 0. The predicted molar refractivity (Wildman–Crippen MR) is 14.1 cm³/mol. The molecular weight excluding hydrogens is 75.0 g/mol. The zero-order chi connectivity index (χ0) is 3.41. The number of hydrogen-bond donors (Lipinski definition) is 0. The van der Waals surface area contributed by atoms with E-state index in [0.29, 0.717) is 0 Å². The van der Waals surface area contributed by atoms with Crippen molar-refractivity contribution in [2.75, 3.05) is 7.11 Å². The minimum Gasteiger partial charge on any atom is -0.648 e. The molecule has 0 aliphatic heterocycles. The molecule has 0 saturated carbocycles. The Morgan fingerprint density at radius 3 is 2.00 bits per heavy atom. The molecule has 0 spiro atoms. The molecule has 22 valence electrons. The molecule has 0 amide bonds. The van der Waals surface area contributed by atoms with Crippen LogP contribution in [0.15, 0.2) is 0 Å². The largest absolute Gasteiger partial charge is 1.00 e. The first-order chi connectivity index (χ1) is 1.91. The van der Waals surface area contributed by atoms with E-state index in [1.165, 1.54) is 7.11 Å². The summed E-state index contributed by atoms with van der Waals surface area (Å²) in [6.07, 6.45) is 7.66. The average molecular weight is 78.0 g/mol. The van der Waals surface area contributed by atoms with Gasteiger partial charge >= 0.3 is 29.6 Å². The molecule has 0 rings (SSSR count). The smallest absolute Gasteiger partial charge is 0.648 e. The van der Waals surface area contributed by atoms with Gasteiger partial charge in [-0.25, -0.2) is 0 Å². The second-order valence-electron chi connectivity index (χ2n) is 0.306. The standard InChI is InChI=1S/C3H3O.Na/c1-3-4-2;/h2H3;/q-1;+1. The van der Waals surface area contributed by atoms with Gasteiger partial charge in [0.15, 0.2) is 0 Å². The third kappa shape index (κ3) is 13.1. The number of ether oxygens (including phenoxy) is 1. The van der Waals surface area contributed by atoms with E-state index in [9.17, 15) is 0 Å². The Kier molecular flexibility index (Phi) is 16.0. The van der Waals surface area contributed by atoms with Crippen LogP contribution in [0.2, 0.25) is 0 Å². The fraction of sp³-hybridized carbons (Fsp3) is 0.333. The Bertz CT molecular complexity index is 36.6. The maximum Gasteiger partial charge on any atom is 1.00 e. The normalized spacial score (nSPS) is 3.20. The second-order valence-corrected chi connectivity index (χ2v) is 0.306. The quantitative estimate of drug-likeness (QED) is 0.172. The maximum absolute atomic E-state index is 5.98. The van der Waals surface area contributed by atoms with Crippen molar-refractivity contribution in [3.63, 3.8) is 0 Å². The first-order valence-corrected chi connectivity index (χ1v) is 0.862. The van der Waals surface area contributed by atoms with Gasteiger partial charge in [0.05, 0.1) is 7.11 Å². The van der Waals surface area contributed by atoms with Crippen molar-refractivity contribution in [1.29, 1.82) is 0 Å². The zero-order valence-corrected chi connectivity index (χ0v) is 5.41. The molecule has 0 atom stereocenters. The van der Waals surface area contributed by atoms with Crippen LogP contribution in [-0.4, -0.2) is 7.11 Å². The number of methoxy groups -OCH3 is 1. The van der Waals surface area contributed by atoms with Gasteiger partial charge < -0.3 is 11.2 Å². The Labute approximate surface area is 54.0 Å². The Morgan fingerprint density at radius 1 is 1.80 bits per heavy atom. The van der Waals surface area contributed by atoms with Crippen molar-refractivity contribution in [3.05, 3.63) is 6.42 Å². The summed E-state index contributed by atoms with van der Waals surface area (Å²) in [5.41, 5.74) is 0. The van der Waals surface area contributed by atoms with Crippen LogP contribution in [0.5, 0.6) is 0 Å². The van der Waals surface area contributed by atoms with Gasteiger partial charge in [-0.05, 0) is 0 Å². The van der Waals surface area contributed by atoms with Gasteiger partial charge in [-0.15, -0.1) is 0 Å². The predicted octanol–water partition coefficient (Wildman–Crippen LogP) is -2.82. The summed E-state index contributed by atoms with van der Waals surface area (Å²) in [5, 5.41) is 0. The van der Waals surface area contributed by atoms with E-state index in [1.807, 2.05) is 0 Å². The minimum atomic E-state index is 0. The van der Waals surface area contributed by atoms with Crippen molar-refractivity contribution >= 4 is 0 Å². The van der Waals surface area contributed by atoms with Gasteiger partial charge in [0.25, 0.3) is 0 Å². The molecular formula is C3H3NaO. The molecule has 1 nitrogen and oxygen atoms in total. The second kappa shape index (κ2) is 8.84. The third-order valence-corrected chi connectivity index (χ3v) is 0.102. The van der Waals surface area contributed by atoms with Gasteiger partial charge in [0, 0.05) is 0 Å². The van der Waals surface area contributed by atoms with Gasteiger partial charge in [0.2, 0.25) is 0 Å². The van der Waals surface area contributed by atoms with Crippen molar-refractivity contribution in [1.82, 2.24) is 0 Å². The molecule has 0 saturated heterocycles. The SMILES string of the molecule is [C-]#COC.[Na+]. The average Bonchev–Trinajstić information content (AvgIpc) is 1.37. The number of rotatable bonds is 0. The molecule has 2 heteroatoms. The molecule has 0 bridgehead atoms. The molecule has 0 aromatic carbocycles. The molecule has 0 unspecified atom stereocenters. The number of hydrogen-bond acceptors (Lipinski definition) is 1. The van der Waals surface area contributed by atoms with E-state index in [2.05, 4.69) is 4.74 Å². The van der Waals surface area contributed by atoms with Crippen molar-refractivity contribution < 1.29 is 34.3 Å². The van der Waals surface area contributed by atoms with Crippen LogP contribution in [0.1, 0.15) is 0 Å². The van der Waals surface area contributed by atoms with Gasteiger partial charge in [-0.3, -0.25) is 0 Å². The van der Waals surface area contributed by atoms with Crippen LogP contribution < -0.4 is 29.6 Å². The van der Waals surface area contributed by atoms with Gasteiger partial charge in [-0.1, -0.05) is 0 Å². The van der Waals surface area contributed by atoms with Crippen LogP contribution in [-0.2, 0) is 4.74 Å². The van der Waals surface area contributed by atoms with Crippen LogP contribution in [0.25, 0.3) is 0 Å². The van der Waals surface area contributed by atoms with Crippen LogP contribution in [0.4, 0.5) is 0 Å². The topological polar surface area (TPSA) is 9.23 Å². The monoisotopic (exact) mass is 78.0 g/mol. The molecule has 0 heterocycles. The molecule has 0 aliphatic rings. The zero-order valence-electron chi connectivity index (χ0n) is 3.41. The summed E-state index contributed by atoms with van der Waals surface area (Å²) in [4.78, 5) is 0. The Morgan fingerprint density at radius 2 is 2.00 bits per heavy atom. The summed E-state index contributed by atoms with van der Waals surface area (Å²) in [6, 6.07) is 0. The van der Waals surface area contributed by atoms with Crippen LogP contribution in [0.3, 0.4) is 0 Å². The molecule has 0 N–H and O–H groups in total. The fourth-order valence-electron chi connectivity index (χ4n) is 0. The van der Waals surface area contributed by atoms with E-state index in [4.69, 9.17) is 6.42 Å². The van der Waals surface area contributed by atoms with Gasteiger partial charge in [0.1, 0.15) is 0 Å². The van der Waals surface area contributed by atoms with Crippen LogP contribution in [0, 0.1) is 12.5 Å². The maximum atomic E-state index is 5.98. The fourth-order valence-corrected chi connectivity index (χ4v) is 0. The molecule has 0 aromatic rings. The summed E-state index contributed by atoms with van der Waals surface area (Å²) >= 11 is 0. The molecule has 0 fully saturated rings. The van der Waals surface area contributed by atoms with E-state index in [1.54, 1.807) is 6.11 Å². The summed E-state index contributed by atoms with van der Waals surface area (Å²) in [6.45, 7) is 0. The first kappa shape index (κ1) is 9.03. The van der Waals surface area contributed by atoms with Crippen LogP contribution >= 0.6 is 0 Å². The van der Waals surface area contributed by atoms with Gasteiger partial charge in [-0.2, -0.15) is 6.11 Å². The molecule has 5 heavy (non-hydrogen) atoms. The van der Waals surface area contributed by atoms with Crippen molar-refractivity contribution in [2.24, 2.45) is 0 Å². The summed E-state index contributed by atoms with van der Waals surface area (Å²) < 4.78 is 3.96. The van der Waals surface area contributed by atoms with E-state index in [0.717, 1.165) is 0 Å². The van der Waals surface area contributed by atoms with E-state index < -0.39 is 0 Å². The van der Waals surface area contributed by atoms with E-state index in [-0.39, 0.29) is 29.6 Å². The van der Waals surface area contributed by atoms with E-state index >= 15 is 0 Å². The first-order valence-electron chi connectivity index (χ1n) is 0.862. The molecule has 0 aliphatic carbocycles. The third-order valence-electron chi connectivity index (χ3n) is 0.102. The molecule has 0 aromatic heterocycles. The Balaban J connectivity index is 0. The minimum absolute atomic E-state index is 0. The van der Waals surface area contributed by atoms with Crippen molar-refractivity contribution in [2.45, 2.75) is 0 Å².